The Labute approximate surface area is 163 Å². The van der Waals surface area contributed by atoms with Crippen LogP contribution in [0.3, 0.4) is 0 Å². The zero-order valence-electron chi connectivity index (χ0n) is 18.3. The van der Waals surface area contributed by atoms with Crippen molar-refractivity contribution in [1.82, 2.24) is 0 Å². The van der Waals surface area contributed by atoms with Gasteiger partial charge in [-0.15, -0.1) is 0 Å². The van der Waals surface area contributed by atoms with Crippen molar-refractivity contribution in [1.29, 1.82) is 0 Å². The van der Waals surface area contributed by atoms with Crippen LogP contribution < -0.4 is 0 Å². The van der Waals surface area contributed by atoms with Crippen molar-refractivity contribution >= 4 is 0 Å². The minimum Gasteiger partial charge on any atom is -0.384 e. The lowest BCUT2D eigenvalue weighted by molar-refractivity contribution is 0.0343. The lowest BCUT2D eigenvalue weighted by Crippen LogP contribution is -2.19. The quantitative estimate of drug-likeness (QED) is 0.574. The van der Waals surface area contributed by atoms with E-state index in [2.05, 4.69) is 13.8 Å². The molecule has 158 valence electrons. The van der Waals surface area contributed by atoms with Crippen LogP contribution in [0.25, 0.3) is 0 Å². The molecule has 0 amide bonds. The number of methoxy groups -OCH3 is 3. The normalized spacial score (nSPS) is 18.7. The third-order valence-corrected chi connectivity index (χ3v) is 5.43. The average Bonchev–Trinajstić information content (AvgIpc) is 2.69. The van der Waals surface area contributed by atoms with Gasteiger partial charge >= 0.3 is 0 Å². The van der Waals surface area contributed by atoms with Gasteiger partial charge in [-0.3, -0.25) is 0 Å². The molecule has 1 aliphatic carbocycles. The first kappa shape index (κ1) is 25.8. The van der Waals surface area contributed by atoms with E-state index >= 15 is 0 Å². The predicted molar refractivity (Wildman–Crippen MR) is 110 cm³/mol. The minimum atomic E-state index is 0.753. The molecule has 0 spiro atoms. The molecule has 1 heterocycles. The second kappa shape index (κ2) is 19.6. The van der Waals surface area contributed by atoms with Crippen molar-refractivity contribution in [2.75, 3.05) is 54.4 Å². The van der Waals surface area contributed by atoms with Crippen molar-refractivity contribution in [3.8, 4) is 0 Å². The standard InChI is InChI=1S/C8H16O.C7H14O2.C7H16O/c1-9-7-8-5-3-2-4-6-8;1-8-6-7-2-4-9-5-3-7;1-4-7(5-2)6-8-3/h8H,2-7H2,1H3;7H,2-6H2,1H3;7H,4-6H2,1-3H3. The van der Waals surface area contributed by atoms with Gasteiger partial charge in [-0.25, -0.2) is 0 Å². The molecule has 2 fully saturated rings. The number of ether oxygens (including phenoxy) is 4. The molecule has 0 N–H and O–H groups in total. The largest absolute Gasteiger partial charge is 0.384 e. The van der Waals surface area contributed by atoms with E-state index in [-0.39, 0.29) is 0 Å². The van der Waals surface area contributed by atoms with Gasteiger partial charge in [0.05, 0.1) is 0 Å². The van der Waals surface area contributed by atoms with Crippen LogP contribution in [-0.2, 0) is 18.9 Å². The van der Waals surface area contributed by atoms with Gasteiger partial charge in [0.2, 0.25) is 0 Å². The van der Waals surface area contributed by atoms with E-state index in [1.165, 1.54) is 57.8 Å². The fourth-order valence-electron chi connectivity index (χ4n) is 3.50. The number of hydrogen-bond donors (Lipinski definition) is 0. The summed E-state index contributed by atoms with van der Waals surface area (Å²) in [5, 5.41) is 0. The summed E-state index contributed by atoms with van der Waals surface area (Å²) < 4.78 is 20.3. The highest BCUT2D eigenvalue weighted by Gasteiger charge is 2.12. The third kappa shape index (κ3) is 15.0. The van der Waals surface area contributed by atoms with Gasteiger partial charge in [-0.2, -0.15) is 0 Å². The molecule has 0 bridgehead atoms. The van der Waals surface area contributed by atoms with Gasteiger partial charge in [-0.05, 0) is 43.4 Å². The van der Waals surface area contributed by atoms with E-state index in [1.807, 2.05) is 0 Å². The maximum absolute atomic E-state index is 5.19. The van der Waals surface area contributed by atoms with Gasteiger partial charge in [0.15, 0.2) is 0 Å². The Morgan fingerprint density at radius 3 is 1.62 bits per heavy atom. The van der Waals surface area contributed by atoms with E-state index in [0.717, 1.165) is 50.8 Å². The second-order valence-corrected chi connectivity index (χ2v) is 7.61. The highest BCUT2D eigenvalue weighted by Crippen LogP contribution is 2.23. The molecule has 0 unspecified atom stereocenters. The summed E-state index contributed by atoms with van der Waals surface area (Å²) in [4.78, 5) is 0. The molecule has 0 aromatic carbocycles. The lowest BCUT2D eigenvalue weighted by atomic mass is 9.90. The minimum absolute atomic E-state index is 0.753. The van der Waals surface area contributed by atoms with Crippen LogP contribution in [0.15, 0.2) is 0 Å². The summed E-state index contributed by atoms with van der Waals surface area (Å²) in [5.41, 5.74) is 0. The Kier molecular flexibility index (Phi) is 19.5. The zero-order chi connectivity index (χ0) is 19.5. The molecule has 4 nitrogen and oxygen atoms in total. The smallest absolute Gasteiger partial charge is 0.0492 e. The molecule has 1 saturated heterocycles. The van der Waals surface area contributed by atoms with Gasteiger partial charge < -0.3 is 18.9 Å². The molecular weight excluding hydrogens is 328 g/mol. The molecular formula is C22H46O4. The maximum atomic E-state index is 5.19. The van der Waals surface area contributed by atoms with Crippen LogP contribution in [0.5, 0.6) is 0 Å². The molecule has 0 aromatic heterocycles. The molecule has 2 rings (SSSR count). The lowest BCUT2D eigenvalue weighted by Gasteiger charge is -2.20. The van der Waals surface area contributed by atoms with Gasteiger partial charge in [-0.1, -0.05) is 46.0 Å². The van der Waals surface area contributed by atoms with E-state index in [4.69, 9.17) is 18.9 Å². The SMILES string of the molecule is CCC(CC)COC.COCC1CCCCC1.COCC1CCOCC1. The molecule has 26 heavy (non-hydrogen) atoms. The van der Waals surface area contributed by atoms with Crippen molar-refractivity contribution < 1.29 is 18.9 Å². The molecule has 0 atom stereocenters. The monoisotopic (exact) mass is 374 g/mol. The molecule has 2 aliphatic rings. The Morgan fingerprint density at radius 2 is 1.23 bits per heavy atom. The van der Waals surface area contributed by atoms with Crippen molar-refractivity contribution in [2.45, 2.75) is 71.6 Å². The van der Waals surface area contributed by atoms with Crippen molar-refractivity contribution in [3.63, 3.8) is 0 Å². The van der Waals surface area contributed by atoms with E-state index in [0.29, 0.717) is 0 Å². The van der Waals surface area contributed by atoms with Gasteiger partial charge in [0, 0.05) is 54.4 Å². The Balaban J connectivity index is 0.000000362. The highest BCUT2D eigenvalue weighted by molar-refractivity contribution is 4.64. The molecule has 4 heteroatoms. The summed E-state index contributed by atoms with van der Waals surface area (Å²) >= 11 is 0. The Hall–Kier alpha value is -0.160. The molecule has 0 aromatic rings. The number of hydrogen-bond acceptors (Lipinski definition) is 4. The summed E-state index contributed by atoms with van der Waals surface area (Å²) in [6.07, 6.45) is 11.9. The fraction of sp³-hybridized carbons (Fsp3) is 1.00. The Morgan fingerprint density at radius 1 is 0.731 bits per heavy atom. The van der Waals surface area contributed by atoms with Crippen LogP contribution in [0.1, 0.15) is 71.6 Å². The van der Waals surface area contributed by atoms with Crippen molar-refractivity contribution in [2.24, 2.45) is 17.8 Å². The van der Waals surface area contributed by atoms with E-state index in [9.17, 15) is 0 Å². The van der Waals surface area contributed by atoms with E-state index in [1.54, 1.807) is 21.3 Å². The second-order valence-electron chi connectivity index (χ2n) is 7.61. The first-order valence-electron chi connectivity index (χ1n) is 10.8. The zero-order valence-corrected chi connectivity index (χ0v) is 18.3. The fourth-order valence-corrected chi connectivity index (χ4v) is 3.50. The highest BCUT2D eigenvalue weighted by atomic mass is 16.5. The van der Waals surface area contributed by atoms with Gasteiger partial charge in [0.25, 0.3) is 0 Å². The first-order valence-corrected chi connectivity index (χ1v) is 10.8. The third-order valence-electron chi connectivity index (χ3n) is 5.43. The summed E-state index contributed by atoms with van der Waals surface area (Å²) in [7, 11) is 5.32. The van der Waals surface area contributed by atoms with Crippen LogP contribution in [-0.4, -0.2) is 54.4 Å². The molecule has 1 aliphatic heterocycles. The first-order chi connectivity index (χ1) is 12.7. The molecule has 0 radical (unpaired) electrons. The summed E-state index contributed by atoms with van der Waals surface area (Å²) in [6, 6.07) is 0. The van der Waals surface area contributed by atoms with Crippen LogP contribution in [0.2, 0.25) is 0 Å². The van der Waals surface area contributed by atoms with Crippen molar-refractivity contribution in [3.05, 3.63) is 0 Å². The summed E-state index contributed by atoms with van der Waals surface area (Å²) in [5.74, 6) is 2.41. The maximum Gasteiger partial charge on any atom is 0.0492 e. The van der Waals surface area contributed by atoms with E-state index < -0.39 is 0 Å². The summed E-state index contributed by atoms with van der Waals surface area (Å²) in [6.45, 7) is 9.07. The molecule has 1 saturated carbocycles. The van der Waals surface area contributed by atoms with Crippen LogP contribution in [0, 0.1) is 17.8 Å². The average molecular weight is 375 g/mol. The topological polar surface area (TPSA) is 36.9 Å². The van der Waals surface area contributed by atoms with Crippen LogP contribution >= 0.6 is 0 Å². The number of rotatable bonds is 8. The Bertz CT molecular complexity index is 231. The predicted octanol–water partition coefficient (Wildman–Crippen LogP) is 5.34. The van der Waals surface area contributed by atoms with Crippen LogP contribution in [0.4, 0.5) is 0 Å². The van der Waals surface area contributed by atoms with Gasteiger partial charge in [0.1, 0.15) is 0 Å².